The molecule has 0 spiro atoms. The summed E-state index contributed by atoms with van der Waals surface area (Å²) in [5.41, 5.74) is 7.64. The summed E-state index contributed by atoms with van der Waals surface area (Å²) in [4.78, 5) is 4.45. The highest BCUT2D eigenvalue weighted by Crippen LogP contribution is 2.33. The number of halogens is 1. The van der Waals surface area contributed by atoms with Crippen molar-refractivity contribution >= 4 is 11.0 Å². The third kappa shape index (κ3) is 2.14. The lowest BCUT2D eigenvalue weighted by atomic mass is 9.84. The number of benzene rings is 1. The number of aromatic nitrogens is 2. The van der Waals surface area contributed by atoms with Crippen molar-refractivity contribution in [2.24, 2.45) is 18.7 Å². The van der Waals surface area contributed by atoms with E-state index in [0.717, 1.165) is 24.2 Å². The van der Waals surface area contributed by atoms with Crippen LogP contribution in [0.3, 0.4) is 0 Å². The van der Waals surface area contributed by atoms with E-state index in [1.165, 1.54) is 25.3 Å². The Morgan fingerprint density at radius 1 is 1.32 bits per heavy atom. The zero-order chi connectivity index (χ0) is 13.4. The van der Waals surface area contributed by atoms with Crippen molar-refractivity contribution < 1.29 is 4.39 Å². The Kier molecular flexibility index (Phi) is 3.27. The van der Waals surface area contributed by atoms with Gasteiger partial charge in [-0.15, -0.1) is 0 Å². The van der Waals surface area contributed by atoms with Gasteiger partial charge in [-0.1, -0.05) is 25.3 Å². The molecule has 19 heavy (non-hydrogen) atoms. The molecule has 1 aromatic carbocycles. The first-order chi connectivity index (χ1) is 9.18. The van der Waals surface area contributed by atoms with E-state index < -0.39 is 0 Å². The molecular formula is C15H20FN3. The van der Waals surface area contributed by atoms with Crippen LogP contribution in [0.4, 0.5) is 4.39 Å². The Hall–Kier alpha value is -1.42. The maximum Gasteiger partial charge on any atom is 0.151 e. The highest BCUT2D eigenvalue weighted by Gasteiger charge is 2.26. The standard InChI is InChI=1S/C15H20FN3/c1-19-12-9-5-8-11(16)14(12)18-15(19)13(17)10-6-3-2-4-7-10/h5,8-10,13H,2-4,6-7,17H2,1H3. The van der Waals surface area contributed by atoms with Crippen molar-refractivity contribution in [1.29, 1.82) is 0 Å². The summed E-state index contributed by atoms with van der Waals surface area (Å²) in [5.74, 6) is 1.02. The normalized spacial score (nSPS) is 18.9. The number of hydrogen-bond donors (Lipinski definition) is 1. The highest BCUT2D eigenvalue weighted by molar-refractivity contribution is 5.76. The fraction of sp³-hybridized carbons (Fsp3) is 0.533. The molecule has 1 fully saturated rings. The van der Waals surface area contributed by atoms with Crippen LogP contribution in [-0.4, -0.2) is 9.55 Å². The van der Waals surface area contributed by atoms with Crippen LogP contribution in [-0.2, 0) is 7.05 Å². The second kappa shape index (κ2) is 4.93. The van der Waals surface area contributed by atoms with Crippen molar-refractivity contribution in [2.45, 2.75) is 38.1 Å². The number of fused-ring (bicyclic) bond motifs is 1. The molecule has 2 aromatic rings. The molecule has 102 valence electrons. The van der Waals surface area contributed by atoms with Gasteiger partial charge in [0.1, 0.15) is 11.3 Å². The van der Waals surface area contributed by atoms with E-state index in [1.54, 1.807) is 6.07 Å². The lowest BCUT2D eigenvalue weighted by molar-refractivity contribution is 0.298. The molecule has 1 aliphatic rings. The summed E-state index contributed by atoms with van der Waals surface area (Å²) in [6.07, 6.45) is 6.12. The number of rotatable bonds is 2. The van der Waals surface area contributed by atoms with Crippen molar-refractivity contribution in [3.63, 3.8) is 0 Å². The van der Waals surface area contributed by atoms with Crippen LogP contribution in [0.25, 0.3) is 11.0 Å². The van der Waals surface area contributed by atoms with E-state index in [-0.39, 0.29) is 11.9 Å². The molecule has 0 saturated heterocycles. The molecule has 0 bridgehead atoms. The van der Waals surface area contributed by atoms with E-state index in [4.69, 9.17) is 5.73 Å². The number of hydrogen-bond acceptors (Lipinski definition) is 2. The summed E-state index contributed by atoms with van der Waals surface area (Å²) in [6.45, 7) is 0. The predicted molar refractivity (Wildman–Crippen MR) is 74.2 cm³/mol. The summed E-state index contributed by atoms with van der Waals surface area (Å²) in [7, 11) is 1.92. The van der Waals surface area contributed by atoms with Crippen LogP contribution in [0.1, 0.15) is 44.0 Å². The monoisotopic (exact) mass is 261 g/mol. The van der Waals surface area contributed by atoms with Gasteiger partial charge in [-0.25, -0.2) is 9.37 Å². The van der Waals surface area contributed by atoms with Crippen molar-refractivity contribution in [3.8, 4) is 0 Å². The fourth-order valence-corrected chi connectivity index (χ4v) is 3.20. The molecule has 3 rings (SSSR count). The molecule has 1 aliphatic carbocycles. The average Bonchev–Trinajstić information content (AvgIpc) is 2.78. The predicted octanol–water partition coefficient (Wildman–Crippen LogP) is 3.29. The molecule has 4 heteroatoms. The molecule has 3 nitrogen and oxygen atoms in total. The zero-order valence-corrected chi connectivity index (χ0v) is 11.3. The summed E-state index contributed by atoms with van der Waals surface area (Å²) in [5, 5.41) is 0. The van der Waals surface area contributed by atoms with Crippen LogP contribution in [0.2, 0.25) is 0 Å². The topological polar surface area (TPSA) is 43.8 Å². The molecule has 2 N–H and O–H groups in total. The number of aryl methyl sites for hydroxylation is 1. The SMILES string of the molecule is Cn1c(C(N)C2CCCCC2)nc2c(F)cccc21. The minimum absolute atomic E-state index is 0.0860. The molecule has 1 saturated carbocycles. The first-order valence-electron chi connectivity index (χ1n) is 7.05. The van der Waals surface area contributed by atoms with Crippen molar-refractivity contribution in [3.05, 3.63) is 29.8 Å². The Morgan fingerprint density at radius 3 is 2.74 bits per heavy atom. The Morgan fingerprint density at radius 2 is 2.05 bits per heavy atom. The van der Waals surface area contributed by atoms with Gasteiger partial charge in [-0.05, 0) is 30.9 Å². The molecular weight excluding hydrogens is 241 g/mol. The van der Waals surface area contributed by atoms with Gasteiger partial charge in [-0.3, -0.25) is 0 Å². The second-order valence-electron chi connectivity index (χ2n) is 5.56. The molecule has 0 radical (unpaired) electrons. The zero-order valence-electron chi connectivity index (χ0n) is 11.3. The Labute approximate surface area is 112 Å². The van der Waals surface area contributed by atoms with Crippen molar-refractivity contribution in [2.75, 3.05) is 0 Å². The van der Waals surface area contributed by atoms with Crippen LogP contribution >= 0.6 is 0 Å². The molecule has 1 heterocycles. The maximum absolute atomic E-state index is 13.8. The highest BCUT2D eigenvalue weighted by atomic mass is 19.1. The maximum atomic E-state index is 13.8. The lowest BCUT2D eigenvalue weighted by Crippen LogP contribution is -2.26. The molecule has 1 unspecified atom stereocenters. The number of nitrogens with zero attached hydrogens (tertiary/aromatic N) is 2. The molecule has 0 amide bonds. The third-order valence-corrected chi connectivity index (χ3v) is 4.35. The van der Waals surface area contributed by atoms with Gasteiger partial charge < -0.3 is 10.3 Å². The smallest absolute Gasteiger partial charge is 0.151 e. The third-order valence-electron chi connectivity index (χ3n) is 4.35. The van der Waals surface area contributed by atoms with E-state index in [1.807, 2.05) is 17.7 Å². The van der Waals surface area contributed by atoms with Crippen LogP contribution in [0.5, 0.6) is 0 Å². The van der Waals surface area contributed by atoms with Crippen molar-refractivity contribution in [1.82, 2.24) is 9.55 Å². The Bertz CT molecular complexity index is 584. The summed E-state index contributed by atoms with van der Waals surface area (Å²) < 4.78 is 15.7. The number of para-hydroxylation sites is 1. The fourth-order valence-electron chi connectivity index (χ4n) is 3.20. The van der Waals surface area contributed by atoms with Gasteiger partial charge in [0, 0.05) is 7.05 Å². The van der Waals surface area contributed by atoms with E-state index in [2.05, 4.69) is 4.98 Å². The largest absolute Gasteiger partial charge is 0.330 e. The van der Waals surface area contributed by atoms with Crippen LogP contribution in [0.15, 0.2) is 18.2 Å². The first-order valence-corrected chi connectivity index (χ1v) is 7.05. The summed E-state index contributed by atoms with van der Waals surface area (Å²) >= 11 is 0. The molecule has 1 aromatic heterocycles. The van der Waals surface area contributed by atoms with Gasteiger partial charge in [0.15, 0.2) is 5.82 Å². The average molecular weight is 261 g/mol. The van der Waals surface area contributed by atoms with Gasteiger partial charge in [-0.2, -0.15) is 0 Å². The van der Waals surface area contributed by atoms with E-state index >= 15 is 0 Å². The lowest BCUT2D eigenvalue weighted by Gasteiger charge is -2.27. The minimum atomic E-state index is -0.268. The second-order valence-corrected chi connectivity index (χ2v) is 5.56. The number of imidazole rings is 1. The molecule has 1 atom stereocenters. The van der Waals surface area contributed by atoms with Gasteiger partial charge in [0.05, 0.1) is 11.6 Å². The van der Waals surface area contributed by atoms with Gasteiger partial charge in [0.2, 0.25) is 0 Å². The Balaban J connectivity index is 2.00. The van der Waals surface area contributed by atoms with E-state index in [9.17, 15) is 4.39 Å². The number of nitrogens with two attached hydrogens (primary N) is 1. The minimum Gasteiger partial charge on any atom is -0.330 e. The molecule has 0 aliphatic heterocycles. The van der Waals surface area contributed by atoms with Crippen LogP contribution < -0.4 is 5.73 Å². The van der Waals surface area contributed by atoms with Gasteiger partial charge in [0.25, 0.3) is 0 Å². The quantitative estimate of drug-likeness (QED) is 0.901. The van der Waals surface area contributed by atoms with Gasteiger partial charge >= 0.3 is 0 Å². The van der Waals surface area contributed by atoms with E-state index in [0.29, 0.717) is 11.4 Å². The summed E-state index contributed by atoms with van der Waals surface area (Å²) in [6, 6.07) is 4.97. The first kappa shape index (κ1) is 12.6. The van der Waals surface area contributed by atoms with Crippen LogP contribution in [0, 0.1) is 11.7 Å².